The molecule has 28 heavy (non-hydrogen) atoms. The van der Waals surface area contributed by atoms with Gasteiger partial charge in [0.05, 0.1) is 5.52 Å². The van der Waals surface area contributed by atoms with Crippen molar-refractivity contribution in [3.8, 4) is 5.75 Å². The van der Waals surface area contributed by atoms with Gasteiger partial charge in [-0.3, -0.25) is 4.55 Å². The predicted octanol–water partition coefficient (Wildman–Crippen LogP) is 5.42. The molecule has 5 nitrogen and oxygen atoms in total. The first-order valence-corrected chi connectivity index (χ1v) is 11.7. The van der Waals surface area contributed by atoms with Crippen molar-refractivity contribution in [2.24, 2.45) is 0 Å². The Hall–Kier alpha value is -2.05. The van der Waals surface area contributed by atoms with Crippen LogP contribution in [0.25, 0.3) is 21.8 Å². The van der Waals surface area contributed by atoms with E-state index in [2.05, 4.69) is 29.7 Å². The maximum atomic E-state index is 10.9. The lowest BCUT2D eigenvalue weighted by molar-refractivity contribution is 0.336. The van der Waals surface area contributed by atoms with E-state index in [0.717, 1.165) is 18.5 Å². The zero-order chi connectivity index (χ0) is 20.0. The number of aryl methyl sites for hydroxylation is 1. The Morgan fingerprint density at radius 2 is 1.64 bits per heavy atom. The summed E-state index contributed by atoms with van der Waals surface area (Å²) in [5.41, 5.74) is 2.31. The smallest absolute Gasteiger partial charge is 0.268 e. The van der Waals surface area contributed by atoms with Gasteiger partial charge in [0.15, 0.2) is 0 Å². The zero-order valence-electron chi connectivity index (χ0n) is 16.4. The summed E-state index contributed by atoms with van der Waals surface area (Å²) < 4.78 is 38.5. The topological polar surface area (TPSA) is 68.5 Å². The molecule has 2 aromatic carbocycles. The van der Waals surface area contributed by atoms with Gasteiger partial charge in [-0.25, -0.2) is 0 Å². The highest BCUT2D eigenvalue weighted by Gasteiger charge is 2.12. The van der Waals surface area contributed by atoms with Gasteiger partial charge in [0.2, 0.25) is 0 Å². The van der Waals surface area contributed by atoms with E-state index < -0.39 is 15.9 Å². The van der Waals surface area contributed by atoms with Crippen LogP contribution in [0.4, 0.5) is 0 Å². The van der Waals surface area contributed by atoms with Crippen molar-refractivity contribution >= 4 is 31.9 Å². The molecule has 1 heterocycles. The van der Waals surface area contributed by atoms with Crippen LogP contribution in [0.5, 0.6) is 5.75 Å². The molecule has 0 radical (unpaired) electrons. The molecular weight excluding hydrogens is 374 g/mol. The van der Waals surface area contributed by atoms with E-state index in [-0.39, 0.29) is 6.61 Å². The summed E-state index contributed by atoms with van der Waals surface area (Å²) in [6.07, 6.45) is 7.49. The number of rotatable bonds is 11. The number of aromatic nitrogens is 1. The summed E-state index contributed by atoms with van der Waals surface area (Å²) in [6, 6.07) is 14.2. The van der Waals surface area contributed by atoms with Crippen LogP contribution in [-0.4, -0.2) is 29.9 Å². The Morgan fingerprint density at radius 3 is 2.43 bits per heavy atom. The van der Waals surface area contributed by atoms with Crippen LogP contribution in [0, 0.1) is 0 Å². The number of ether oxygens (including phenoxy) is 1. The highest BCUT2D eigenvalue weighted by Crippen LogP contribution is 2.32. The monoisotopic (exact) mass is 403 g/mol. The van der Waals surface area contributed by atoms with Crippen molar-refractivity contribution in [2.75, 3.05) is 12.4 Å². The maximum Gasteiger partial charge on any atom is 0.268 e. The average molecular weight is 404 g/mol. The minimum Gasteiger partial charge on any atom is -0.492 e. The van der Waals surface area contributed by atoms with E-state index in [4.69, 9.17) is 9.29 Å². The number of nitrogens with zero attached hydrogens (tertiary/aromatic N) is 1. The number of benzene rings is 2. The molecular formula is C22H29NO4S. The number of unbranched alkanes of at least 4 members (excludes halogenated alkanes) is 5. The van der Waals surface area contributed by atoms with Crippen LogP contribution in [0.1, 0.15) is 45.4 Å². The Kier molecular flexibility index (Phi) is 6.97. The standard InChI is InChI=1S/C22H29NO4S/c1-2-3-4-5-6-9-14-23-21-11-8-7-10-19(21)20-13-12-18(17-22(20)23)27-15-16-28(24,25)26/h7-8,10-13,17H,2-6,9,14-16H2,1H3,(H,24,25,26). The van der Waals surface area contributed by atoms with Crippen molar-refractivity contribution in [3.05, 3.63) is 42.5 Å². The quantitative estimate of drug-likeness (QED) is 0.343. The predicted molar refractivity (Wildman–Crippen MR) is 115 cm³/mol. The summed E-state index contributed by atoms with van der Waals surface area (Å²) in [6.45, 7) is 3.11. The summed E-state index contributed by atoms with van der Waals surface area (Å²) >= 11 is 0. The van der Waals surface area contributed by atoms with Gasteiger partial charge in [-0.1, -0.05) is 57.2 Å². The summed E-state index contributed by atoms with van der Waals surface area (Å²) in [5, 5.41) is 2.39. The molecule has 1 aromatic heterocycles. The first kappa shape index (κ1) is 20.7. The van der Waals surface area contributed by atoms with Crippen LogP contribution in [0.15, 0.2) is 42.5 Å². The van der Waals surface area contributed by atoms with E-state index in [1.807, 2.05) is 24.3 Å². The minimum atomic E-state index is -4.02. The average Bonchev–Trinajstić information content (AvgIpc) is 2.97. The molecule has 0 aliphatic carbocycles. The number of hydrogen-bond acceptors (Lipinski definition) is 3. The number of fused-ring (bicyclic) bond motifs is 3. The van der Waals surface area contributed by atoms with E-state index in [1.54, 1.807) is 0 Å². The molecule has 0 saturated heterocycles. The third-order valence-corrected chi connectivity index (χ3v) is 5.77. The fourth-order valence-corrected chi connectivity index (χ4v) is 3.97. The molecule has 0 aliphatic rings. The lowest BCUT2D eigenvalue weighted by Crippen LogP contribution is -2.12. The van der Waals surface area contributed by atoms with Crippen molar-refractivity contribution in [2.45, 2.75) is 52.0 Å². The van der Waals surface area contributed by atoms with Crippen molar-refractivity contribution in [3.63, 3.8) is 0 Å². The number of para-hydroxylation sites is 1. The van der Waals surface area contributed by atoms with Gasteiger partial charge in [0, 0.05) is 28.9 Å². The van der Waals surface area contributed by atoms with E-state index in [0.29, 0.717) is 5.75 Å². The van der Waals surface area contributed by atoms with Crippen LogP contribution < -0.4 is 4.74 Å². The lowest BCUT2D eigenvalue weighted by Gasteiger charge is -2.09. The van der Waals surface area contributed by atoms with E-state index in [1.165, 1.54) is 48.4 Å². The molecule has 6 heteroatoms. The number of hydrogen-bond donors (Lipinski definition) is 1. The normalized spacial score (nSPS) is 12.1. The van der Waals surface area contributed by atoms with Crippen molar-refractivity contribution in [1.82, 2.24) is 4.57 Å². The Morgan fingerprint density at radius 1 is 0.929 bits per heavy atom. The molecule has 3 aromatic rings. The Labute approximate surface area is 167 Å². The Bertz CT molecular complexity index is 1020. The van der Waals surface area contributed by atoms with Crippen LogP contribution in [-0.2, 0) is 16.7 Å². The van der Waals surface area contributed by atoms with Gasteiger partial charge >= 0.3 is 0 Å². The van der Waals surface area contributed by atoms with Gasteiger partial charge in [0.25, 0.3) is 10.1 Å². The minimum absolute atomic E-state index is 0.0675. The fourth-order valence-electron chi connectivity index (χ4n) is 3.67. The molecule has 0 atom stereocenters. The largest absolute Gasteiger partial charge is 0.492 e. The molecule has 0 amide bonds. The van der Waals surface area contributed by atoms with Gasteiger partial charge < -0.3 is 9.30 Å². The van der Waals surface area contributed by atoms with Crippen molar-refractivity contribution < 1.29 is 17.7 Å². The first-order chi connectivity index (χ1) is 13.5. The molecule has 0 aliphatic heterocycles. The SMILES string of the molecule is CCCCCCCCn1c2ccccc2c2ccc(OCCS(=O)(=O)O)cc21. The lowest BCUT2D eigenvalue weighted by atomic mass is 10.1. The zero-order valence-corrected chi connectivity index (χ0v) is 17.2. The molecule has 0 saturated carbocycles. The molecule has 152 valence electrons. The molecule has 3 rings (SSSR count). The molecule has 0 bridgehead atoms. The van der Waals surface area contributed by atoms with Crippen LogP contribution >= 0.6 is 0 Å². The van der Waals surface area contributed by atoms with Gasteiger partial charge in [-0.15, -0.1) is 0 Å². The second-order valence-electron chi connectivity index (χ2n) is 7.25. The molecule has 0 unspecified atom stereocenters. The van der Waals surface area contributed by atoms with Crippen LogP contribution in [0.2, 0.25) is 0 Å². The van der Waals surface area contributed by atoms with Crippen molar-refractivity contribution in [1.29, 1.82) is 0 Å². The van der Waals surface area contributed by atoms with Gasteiger partial charge in [-0.05, 0) is 24.6 Å². The molecule has 0 spiro atoms. The first-order valence-electron chi connectivity index (χ1n) is 10.1. The van der Waals surface area contributed by atoms with E-state index >= 15 is 0 Å². The third-order valence-electron chi connectivity index (χ3n) is 5.09. The van der Waals surface area contributed by atoms with Gasteiger partial charge in [-0.2, -0.15) is 8.42 Å². The molecule has 1 N–H and O–H groups in total. The maximum absolute atomic E-state index is 10.9. The summed E-state index contributed by atoms with van der Waals surface area (Å²) in [5.74, 6) is 0.203. The second kappa shape index (κ2) is 9.43. The summed E-state index contributed by atoms with van der Waals surface area (Å²) in [4.78, 5) is 0. The molecule has 0 fully saturated rings. The third kappa shape index (κ3) is 5.26. The van der Waals surface area contributed by atoms with Crippen LogP contribution in [0.3, 0.4) is 0 Å². The second-order valence-corrected chi connectivity index (χ2v) is 8.82. The van der Waals surface area contributed by atoms with E-state index in [9.17, 15) is 8.42 Å². The van der Waals surface area contributed by atoms with Gasteiger partial charge in [0.1, 0.15) is 18.1 Å². The highest BCUT2D eigenvalue weighted by atomic mass is 32.2. The fraction of sp³-hybridized carbons (Fsp3) is 0.455. The Balaban J connectivity index is 1.81. The summed E-state index contributed by atoms with van der Waals surface area (Å²) in [7, 11) is -4.02. The highest BCUT2D eigenvalue weighted by molar-refractivity contribution is 7.85.